The summed E-state index contributed by atoms with van der Waals surface area (Å²) >= 11 is 0. The van der Waals surface area contributed by atoms with Gasteiger partial charge < -0.3 is 10.5 Å². The third kappa shape index (κ3) is 2.88. The smallest absolute Gasteiger partial charge is 0.123 e. The topological polar surface area (TPSA) is 59.1 Å². The van der Waals surface area contributed by atoms with E-state index < -0.39 is 0 Å². The molecule has 0 saturated heterocycles. The molecular formula is C15H16N2O. The SMILES string of the molecule is Cc1cc(OCc2ccccc2)ccc1C(=N)N. The Balaban J connectivity index is 2.07. The molecule has 0 bridgehead atoms. The largest absolute Gasteiger partial charge is 0.489 e. The van der Waals surface area contributed by atoms with Crippen molar-refractivity contribution in [2.24, 2.45) is 5.73 Å². The van der Waals surface area contributed by atoms with E-state index in [0.717, 1.165) is 22.4 Å². The minimum absolute atomic E-state index is 0.0853. The molecule has 0 aromatic heterocycles. The van der Waals surface area contributed by atoms with Crippen LogP contribution in [0.2, 0.25) is 0 Å². The number of aryl methyl sites for hydroxylation is 1. The van der Waals surface area contributed by atoms with Crippen LogP contribution in [0.4, 0.5) is 0 Å². The van der Waals surface area contributed by atoms with Gasteiger partial charge in [0.15, 0.2) is 0 Å². The minimum atomic E-state index is 0.0853. The van der Waals surface area contributed by atoms with Crippen LogP contribution in [0.15, 0.2) is 48.5 Å². The van der Waals surface area contributed by atoms with Crippen molar-refractivity contribution in [3.05, 3.63) is 65.2 Å². The molecule has 2 rings (SSSR count). The van der Waals surface area contributed by atoms with Crippen LogP contribution < -0.4 is 10.5 Å². The third-order valence-corrected chi connectivity index (χ3v) is 2.74. The summed E-state index contributed by atoms with van der Waals surface area (Å²) in [4.78, 5) is 0. The fourth-order valence-electron chi connectivity index (χ4n) is 1.77. The average Bonchev–Trinajstić information content (AvgIpc) is 2.37. The predicted molar refractivity (Wildman–Crippen MR) is 73.0 cm³/mol. The highest BCUT2D eigenvalue weighted by Crippen LogP contribution is 2.18. The molecular weight excluding hydrogens is 224 g/mol. The van der Waals surface area contributed by atoms with E-state index in [-0.39, 0.29) is 5.84 Å². The highest BCUT2D eigenvalue weighted by atomic mass is 16.5. The summed E-state index contributed by atoms with van der Waals surface area (Å²) in [7, 11) is 0. The van der Waals surface area contributed by atoms with Gasteiger partial charge in [-0.25, -0.2) is 0 Å². The Kier molecular flexibility index (Phi) is 3.63. The van der Waals surface area contributed by atoms with Gasteiger partial charge in [-0.15, -0.1) is 0 Å². The van der Waals surface area contributed by atoms with Gasteiger partial charge in [0.2, 0.25) is 0 Å². The fraction of sp³-hybridized carbons (Fsp3) is 0.133. The second-order valence-corrected chi connectivity index (χ2v) is 4.16. The Bertz CT molecular complexity index is 550. The number of nitrogens with one attached hydrogen (secondary N) is 1. The first kappa shape index (κ1) is 12.2. The van der Waals surface area contributed by atoms with Crippen molar-refractivity contribution < 1.29 is 4.74 Å². The lowest BCUT2D eigenvalue weighted by Crippen LogP contribution is -2.12. The summed E-state index contributed by atoms with van der Waals surface area (Å²) < 4.78 is 5.70. The lowest BCUT2D eigenvalue weighted by Gasteiger charge is -2.09. The van der Waals surface area contributed by atoms with E-state index in [4.69, 9.17) is 15.9 Å². The van der Waals surface area contributed by atoms with E-state index in [1.807, 2.05) is 55.5 Å². The normalized spacial score (nSPS) is 10.1. The molecule has 0 aliphatic heterocycles. The van der Waals surface area contributed by atoms with Crippen LogP contribution in [0.1, 0.15) is 16.7 Å². The first-order chi connectivity index (χ1) is 8.66. The Labute approximate surface area is 107 Å². The first-order valence-corrected chi connectivity index (χ1v) is 5.78. The van der Waals surface area contributed by atoms with Crippen LogP contribution in [-0.2, 0) is 6.61 Å². The van der Waals surface area contributed by atoms with Gasteiger partial charge in [-0.1, -0.05) is 30.3 Å². The molecule has 0 heterocycles. The number of hydrogen-bond donors (Lipinski definition) is 2. The van der Waals surface area contributed by atoms with Gasteiger partial charge in [0.05, 0.1) is 0 Å². The van der Waals surface area contributed by atoms with Crippen molar-refractivity contribution >= 4 is 5.84 Å². The molecule has 0 fully saturated rings. The van der Waals surface area contributed by atoms with Gasteiger partial charge in [-0.3, -0.25) is 5.41 Å². The molecule has 3 nitrogen and oxygen atoms in total. The summed E-state index contributed by atoms with van der Waals surface area (Å²) in [6.07, 6.45) is 0. The van der Waals surface area contributed by atoms with Crippen molar-refractivity contribution in [1.82, 2.24) is 0 Å². The maximum Gasteiger partial charge on any atom is 0.123 e. The van der Waals surface area contributed by atoms with Crippen LogP contribution in [0, 0.1) is 12.3 Å². The van der Waals surface area contributed by atoms with Crippen molar-refractivity contribution in [3.8, 4) is 5.75 Å². The molecule has 2 aromatic carbocycles. The molecule has 92 valence electrons. The number of rotatable bonds is 4. The van der Waals surface area contributed by atoms with Crippen molar-refractivity contribution in [3.63, 3.8) is 0 Å². The second kappa shape index (κ2) is 5.36. The Hall–Kier alpha value is -2.29. The number of ether oxygens (including phenoxy) is 1. The molecule has 0 amide bonds. The van der Waals surface area contributed by atoms with E-state index in [1.165, 1.54) is 0 Å². The molecule has 0 aliphatic carbocycles. The van der Waals surface area contributed by atoms with Crippen molar-refractivity contribution in [2.75, 3.05) is 0 Å². The zero-order chi connectivity index (χ0) is 13.0. The Morgan fingerprint density at radius 2 is 1.89 bits per heavy atom. The lowest BCUT2D eigenvalue weighted by molar-refractivity contribution is 0.306. The molecule has 3 N–H and O–H groups in total. The zero-order valence-corrected chi connectivity index (χ0v) is 10.3. The standard InChI is InChI=1S/C15H16N2O/c1-11-9-13(7-8-14(11)15(16)17)18-10-12-5-3-2-4-6-12/h2-9H,10H2,1H3,(H3,16,17). The van der Waals surface area contributed by atoms with Gasteiger partial charge in [-0.05, 0) is 36.2 Å². The third-order valence-electron chi connectivity index (χ3n) is 2.74. The van der Waals surface area contributed by atoms with Crippen molar-refractivity contribution in [1.29, 1.82) is 5.41 Å². The van der Waals surface area contributed by atoms with Gasteiger partial charge >= 0.3 is 0 Å². The molecule has 0 spiro atoms. The first-order valence-electron chi connectivity index (χ1n) is 5.78. The molecule has 2 aromatic rings. The van der Waals surface area contributed by atoms with E-state index in [9.17, 15) is 0 Å². The monoisotopic (exact) mass is 240 g/mol. The van der Waals surface area contributed by atoms with E-state index in [2.05, 4.69) is 0 Å². The number of nitrogens with two attached hydrogens (primary N) is 1. The van der Waals surface area contributed by atoms with Crippen molar-refractivity contribution in [2.45, 2.75) is 13.5 Å². The summed E-state index contributed by atoms with van der Waals surface area (Å²) in [5.41, 5.74) is 8.31. The number of benzene rings is 2. The van der Waals surface area contributed by atoms with Gasteiger partial charge in [0.1, 0.15) is 18.2 Å². The molecule has 0 radical (unpaired) electrons. The molecule has 18 heavy (non-hydrogen) atoms. The number of amidine groups is 1. The number of hydrogen-bond acceptors (Lipinski definition) is 2. The molecule has 0 saturated carbocycles. The molecule has 0 unspecified atom stereocenters. The van der Waals surface area contributed by atoms with Gasteiger partial charge in [0.25, 0.3) is 0 Å². The van der Waals surface area contributed by atoms with Crippen LogP contribution in [0.3, 0.4) is 0 Å². The zero-order valence-electron chi connectivity index (χ0n) is 10.3. The maximum absolute atomic E-state index is 7.42. The minimum Gasteiger partial charge on any atom is -0.489 e. The number of nitrogen functional groups attached to an aromatic ring is 1. The molecule has 0 atom stereocenters. The molecule has 0 aliphatic rings. The quantitative estimate of drug-likeness (QED) is 0.637. The van der Waals surface area contributed by atoms with E-state index in [1.54, 1.807) is 0 Å². The Morgan fingerprint density at radius 3 is 2.50 bits per heavy atom. The highest BCUT2D eigenvalue weighted by Gasteiger charge is 2.03. The van der Waals surface area contributed by atoms with E-state index in [0.29, 0.717) is 6.61 Å². The second-order valence-electron chi connectivity index (χ2n) is 4.16. The van der Waals surface area contributed by atoms with Crippen LogP contribution in [-0.4, -0.2) is 5.84 Å². The lowest BCUT2D eigenvalue weighted by atomic mass is 10.1. The Morgan fingerprint density at radius 1 is 1.17 bits per heavy atom. The summed E-state index contributed by atoms with van der Waals surface area (Å²) in [6.45, 7) is 2.46. The van der Waals surface area contributed by atoms with Crippen LogP contribution in [0.5, 0.6) is 5.75 Å². The van der Waals surface area contributed by atoms with E-state index >= 15 is 0 Å². The summed E-state index contributed by atoms with van der Waals surface area (Å²) in [6, 6.07) is 15.6. The molecule has 3 heteroatoms. The average molecular weight is 240 g/mol. The summed E-state index contributed by atoms with van der Waals surface area (Å²) in [5, 5.41) is 7.42. The van der Waals surface area contributed by atoms with Crippen LogP contribution in [0.25, 0.3) is 0 Å². The summed E-state index contributed by atoms with van der Waals surface area (Å²) in [5.74, 6) is 0.878. The maximum atomic E-state index is 7.42. The predicted octanol–water partition coefficient (Wildman–Crippen LogP) is 2.86. The fourth-order valence-corrected chi connectivity index (χ4v) is 1.77. The highest BCUT2D eigenvalue weighted by molar-refractivity contribution is 5.96. The van der Waals surface area contributed by atoms with Crippen LogP contribution >= 0.6 is 0 Å². The van der Waals surface area contributed by atoms with Gasteiger partial charge in [-0.2, -0.15) is 0 Å². The van der Waals surface area contributed by atoms with Gasteiger partial charge in [0, 0.05) is 5.56 Å².